The van der Waals surface area contributed by atoms with Crippen LogP contribution >= 0.6 is 7.82 Å². The quantitative estimate of drug-likeness (QED) is 0.0233. The molecular formula is C42H78NO10P. The molecule has 4 N–H and O–H groups in total. The minimum atomic E-state index is -4.71. The molecule has 0 fully saturated rings. The Morgan fingerprint density at radius 1 is 0.556 bits per heavy atom. The number of carbonyl (C=O) groups excluding carboxylic acids is 2. The molecule has 0 spiro atoms. The van der Waals surface area contributed by atoms with E-state index < -0.39 is 51.1 Å². The number of hydrogen-bond donors (Lipinski definition) is 3. The van der Waals surface area contributed by atoms with Gasteiger partial charge < -0.3 is 25.2 Å². The summed E-state index contributed by atoms with van der Waals surface area (Å²) < 4.78 is 32.7. The van der Waals surface area contributed by atoms with Gasteiger partial charge in [-0.2, -0.15) is 0 Å². The molecule has 0 aromatic heterocycles. The fourth-order valence-corrected chi connectivity index (χ4v) is 6.54. The molecule has 0 rings (SSSR count). The Labute approximate surface area is 328 Å². The molecule has 0 heterocycles. The van der Waals surface area contributed by atoms with Crippen molar-refractivity contribution >= 4 is 25.7 Å². The third-order valence-electron chi connectivity index (χ3n) is 9.17. The maximum Gasteiger partial charge on any atom is 0.472 e. The van der Waals surface area contributed by atoms with Gasteiger partial charge in [0.1, 0.15) is 12.6 Å². The van der Waals surface area contributed by atoms with Crippen LogP contribution < -0.4 is 5.73 Å². The highest BCUT2D eigenvalue weighted by molar-refractivity contribution is 7.47. The molecule has 0 saturated heterocycles. The first-order valence-corrected chi connectivity index (χ1v) is 22.9. The molecule has 0 aliphatic rings. The van der Waals surface area contributed by atoms with Gasteiger partial charge in [-0.15, -0.1) is 0 Å². The minimum absolute atomic E-state index is 0.152. The van der Waals surface area contributed by atoms with Gasteiger partial charge in [0, 0.05) is 12.8 Å². The molecule has 0 aliphatic carbocycles. The van der Waals surface area contributed by atoms with Crippen molar-refractivity contribution in [3.05, 3.63) is 24.3 Å². The maximum absolute atomic E-state index is 12.6. The van der Waals surface area contributed by atoms with Crippen molar-refractivity contribution in [3.63, 3.8) is 0 Å². The Kier molecular flexibility index (Phi) is 36.4. The second-order valence-corrected chi connectivity index (χ2v) is 15.9. The van der Waals surface area contributed by atoms with Gasteiger partial charge in [0.15, 0.2) is 6.10 Å². The molecule has 54 heavy (non-hydrogen) atoms. The Bertz CT molecular complexity index is 1020. The van der Waals surface area contributed by atoms with Crippen LogP contribution in [0, 0.1) is 0 Å². The van der Waals surface area contributed by atoms with Gasteiger partial charge in [0.25, 0.3) is 0 Å². The Balaban J connectivity index is 4.39. The number of aliphatic carboxylic acids is 1. The number of carboxylic acids is 1. The highest BCUT2D eigenvalue weighted by atomic mass is 31.2. The highest BCUT2D eigenvalue weighted by Gasteiger charge is 2.28. The smallest absolute Gasteiger partial charge is 0.472 e. The van der Waals surface area contributed by atoms with Crippen LogP contribution in [-0.4, -0.2) is 59.9 Å². The fraction of sp³-hybridized carbons (Fsp3) is 0.833. The molecular weight excluding hydrogens is 709 g/mol. The molecule has 0 aromatic carbocycles. The van der Waals surface area contributed by atoms with Crippen LogP contribution in [0.3, 0.4) is 0 Å². The summed E-state index contributed by atoms with van der Waals surface area (Å²) in [5.41, 5.74) is 5.33. The lowest BCUT2D eigenvalue weighted by molar-refractivity contribution is -0.161. The third kappa shape index (κ3) is 36.9. The van der Waals surface area contributed by atoms with Gasteiger partial charge in [-0.25, -0.2) is 4.57 Å². The predicted octanol–water partition coefficient (Wildman–Crippen LogP) is 11.1. The molecule has 3 atom stereocenters. The number of unbranched alkanes of at least 4 members (excludes halogenated alkanes) is 22. The van der Waals surface area contributed by atoms with E-state index in [0.29, 0.717) is 12.8 Å². The zero-order valence-corrected chi connectivity index (χ0v) is 35.0. The number of phosphoric acid groups is 1. The van der Waals surface area contributed by atoms with Crippen LogP contribution in [0.25, 0.3) is 0 Å². The van der Waals surface area contributed by atoms with Gasteiger partial charge in [-0.1, -0.05) is 141 Å². The second-order valence-electron chi connectivity index (χ2n) is 14.5. The van der Waals surface area contributed by atoms with Gasteiger partial charge in [0.2, 0.25) is 0 Å². The van der Waals surface area contributed by atoms with Gasteiger partial charge >= 0.3 is 25.7 Å². The number of rotatable bonds is 40. The summed E-state index contributed by atoms with van der Waals surface area (Å²) >= 11 is 0. The molecule has 0 bridgehead atoms. The summed E-state index contributed by atoms with van der Waals surface area (Å²) in [5.74, 6) is -2.39. The van der Waals surface area contributed by atoms with Crippen LogP contribution in [0.5, 0.6) is 0 Å². The number of carbonyl (C=O) groups is 3. The summed E-state index contributed by atoms with van der Waals surface area (Å²) in [4.78, 5) is 45.9. The van der Waals surface area contributed by atoms with Crippen LogP contribution in [0.4, 0.5) is 0 Å². The predicted molar refractivity (Wildman–Crippen MR) is 217 cm³/mol. The van der Waals surface area contributed by atoms with E-state index in [1.54, 1.807) is 0 Å². The van der Waals surface area contributed by atoms with E-state index in [2.05, 4.69) is 42.7 Å². The van der Waals surface area contributed by atoms with E-state index in [-0.39, 0.29) is 19.4 Å². The number of phosphoric ester groups is 1. The SMILES string of the molecule is CCCCCCC=CCCCCCCCCCC(=O)OCC(COP(=O)(O)OCC(N)C(=O)O)OC(=O)CCCCCCCC=CCCCCCCCC. The molecule has 0 aliphatic heterocycles. The molecule has 316 valence electrons. The summed E-state index contributed by atoms with van der Waals surface area (Å²) in [6.45, 7) is 2.77. The Morgan fingerprint density at radius 2 is 0.926 bits per heavy atom. The molecule has 12 heteroatoms. The van der Waals surface area contributed by atoms with Crippen molar-refractivity contribution < 1.29 is 47.5 Å². The Hall–Kier alpha value is -2.04. The zero-order valence-electron chi connectivity index (χ0n) is 34.1. The van der Waals surface area contributed by atoms with Crippen molar-refractivity contribution in [2.45, 2.75) is 206 Å². The monoisotopic (exact) mass is 788 g/mol. The van der Waals surface area contributed by atoms with E-state index in [0.717, 1.165) is 64.2 Å². The van der Waals surface area contributed by atoms with Gasteiger partial charge in [-0.3, -0.25) is 23.4 Å². The number of ether oxygens (including phenoxy) is 2. The lowest BCUT2D eigenvalue weighted by atomic mass is 10.1. The van der Waals surface area contributed by atoms with E-state index >= 15 is 0 Å². The van der Waals surface area contributed by atoms with Crippen molar-refractivity contribution in [1.82, 2.24) is 0 Å². The topological polar surface area (TPSA) is 172 Å². The second kappa shape index (κ2) is 37.9. The first-order chi connectivity index (χ1) is 26.1. The molecule has 3 unspecified atom stereocenters. The molecule has 0 saturated carbocycles. The van der Waals surface area contributed by atoms with Gasteiger partial charge in [0.05, 0.1) is 13.2 Å². The number of allylic oxidation sites excluding steroid dienone is 4. The normalized spacial score (nSPS) is 14.0. The third-order valence-corrected chi connectivity index (χ3v) is 10.1. The van der Waals surface area contributed by atoms with Crippen molar-refractivity contribution in [1.29, 1.82) is 0 Å². The maximum atomic E-state index is 12.6. The lowest BCUT2D eigenvalue weighted by Crippen LogP contribution is -2.34. The number of nitrogens with two attached hydrogens (primary N) is 1. The molecule has 0 aromatic rings. The number of hydrogen-bond acceptors (Lipinski definition) is 9. The standard InChI is InChI=1S/C42H78NO10P/c1-3-5-7-9-11-13-15-17-19-21-23-25-27-29-31-33-40(44)50-35-38(36-51-54(48,49)52-37-39(43)42(46)47)53-41(45)34-32-30-28-26-24-22-20-18-16-14-12-10-8-6-4-2/h13,15,18,20,38-39H,3-12,14,16-17,19,21-37,43H2,1-2H3,(H,46,47)(H,48,49). The molecule has 11 nitrogen and oxygen atoms in total. The Morgan fingerprint density at radius 3 is 1.37 bits per heavy atom. The average molecular weight is 788 g/mol. The largest absolute Gasteiger partial charge is 0.480 e. The average Bonchev–Trinajstić information content (AvgIpc) is 3.14. The summed E-state index contributed by atoms with van der Waals surface area (Å²) in [6, 6.07) is -1.52. The van der Waals surface area contributed by atoms with E-state index in [1.807, 2.05) is 0 Å². The van der Waals surface area contributed by atoms with Crippen LogP contribution in [0.15, 0.2) is 24.3 Å². The van der Waals surface area contributed by atoms with Crippen LogP contribution in [-0.2, 0) is 37.5 Å². The zero-order chi connectivity index (χ0) is 40.0. The van der Waals surface area contributed by atoms with E-state index in [4.69, 9.17) is 24.8 Å². The van der Waals surface area contributed by atoms with E-state index in [1.165, 1.54) is 89.9 Å². The van der Waals surface area contributed by atoms with Crippen molar-refractivity contribution in [2.24, 2.45) is 5.73 Å². The minimum Gasteiger partial charge on any atom is -0.480 e. The van der Waals surface area contributed by atoms with Crippen molar-refractivity contribution in [2.75, 3.05) is 19.8 Å². The summed E-state index contributed by atoms with van der Waals surface area (Å²) in [7, 11) is -4.71. The van der Waals surface area contributed by atoms with Gasteiger partial charge in [-0.05, 0) is 64.2 Å². The first-order valence-electron chi connectivity index (χ1n) is 21.4. The number of carboxylic acid groups (broad SMARTS) is 1. The van der Waals surface area contributed by atoms with Crippen LogP contribution in [0.2, 0.25) is 0 Å². The molecule has 0 amide bonds. The summed E-state index contributed by atoms with van der Waals surface area (Å²) in [6.07, 6.45) is 38.1. The van der Waals surface area contributed by atoms with E-state index in [9.17, 15) is 23.8 Å². The van der Waals surface area contributed by atoms with Crippen LogP contribution in [0.1, 0.15) is 194 Å². The lowest BCUT2D eigenvalue weighted by Gasteiger charge is -2.20. The summed E-state index contributed by atoms with van der Waals surface area (Å²) in [5, 5.41) is 8.88. The fourth-order valence-electron chi connectivity index (χ4n) is 5.76. The van der Waals surface area contributed by atoms with Crippen molar-refractivity contribution in [3.8, 4) is 0 Å². The number of esters is 2. The molecule has 0 radical (unpaired) electrons. The first kappa shape index (κ1) is 52.0. The highest BCUT2D eigenvalue weighted by Crippen LogP contribution is 2.43.